The van der Waals surface area contributed by atoms with E-state index < -0.39 is 11.5 Å². The van der Waals surface area contributed by atoms with Crippen LogP contribution >= 0.6 is 0 Å². The summed E-state index contributed by atoms with van der Waals surface area (Å²) in [6.45, 7) is 2.71. The van der Waals surface area contributed by atoms with E-state index in [-0.39, 0.29) is 0 Å². The number of likely N-dealkylation sites (N-methyl/N-ethyl adjacent to an activating group) is 1. The minimum absolute atomic E-state index is 0.613. The molecule has 64 valence electrons. The highest BCUT2D eigenvalue weighted by atomic mass is 16.4. The molecule has 0 aromatic carbocycles. The van der Waals surface area contributed by atoms with E-state index in [1.165, 1.54) is 0 Å². The van der Waals surface area contributed by atoms with Crippen LogP contribution in [-0.2, 0) is 4.79 Å². The Balaban J connectivity index is 2.72. The molecule has 0 aromatic heterocycles. The fourth-order valence-corrected chi connectivity index (χ4v) is 1.53. The van der Waals surface area contributed by atoms with Gasteiger partial charge >= 0.3 is 5.97 Å². The van der Waals surface area contributed by atoms with Gasteiger partial charge in [-0.2, -0.15) is 0 Å². The fourth-order valence-electron chi connectivity index (χ4n) is 1.53. The summed E-state index contributed by atoms with van der Waals surface area (Å²) in [7, 11) is 1.88. The molecule has 1 fully saturated rings. The molecule has 0 bridgehead atoms. The van der Waals surface area contributed by atoms with Crippen LogP contribution < -0.4 is 0 Å². The normalized spacial score (nSPS) is 33.6. The number of likely N-dealkylation sites (tertiary alicyclic amines) is 1. The van der Waals surface area contributed by atoms with Gasteiger partial charge in [0.1, 0.15) is 5.54 Å². The third-order valence-electron chi connectivity index (χ3n) is 2.71. The second-order valence-corrected chi connectivity index (χ2v) is 3.46. The zero-order valence-electron chi connectivity index (χ0n) is 7.13. The second kappa shape index (κ2) is 2.81. The van der Waals surface area contributed by atoms with Gasteiger partial charge in [-0.1, -0.05) is 0 Å². The minimum atomic E-state index is -0.695. The number of carboxylic acids is 1. The van der Waals surface area contributed by atoms with Crippen molar-refractivity contribution < 1.29 is 9.90 Å². The van der Waals surface area contributed by atoms with Crippen molar-refractivity contribution in [3.05, 3.63) is 0 Å². The number of nitrogens with zero attached hydrogens (tertiary/aromatic N) is 1. The molecule has 1 aliphatic rings. The van der Waals surface area contributed by atoms with Gasteiger partial charge in [0.2, 0.25) is 0 Å². The van der Waals surface area contributed by atoms with Gasteiger partial charge in [-0.25, -0.2) is 0 Å². The third-order valence-corrected chi connectivity index (χ3v) is 2.71. The maximum absolute atomic E-state index is 10.8. The van der Waals surface area contributed by atoms with E-state index >= 15 is 0 Å². The average molecular weight is 157 g/mol. The second-order valence-electron chi connectivity index (χ2n) is 3.46. The monoisotopic (exact) mass is 157 g/mol. The Kier molecular flexibility index (Phi) is 2.18. The van der Waals surface area contributed by atoms with Crippen molar-refractivity contribution in [2.24, 2.45) is 0 Å². The molecule has 0 aliphatic carbocycles. The minimum Gasteiger partial charge on any atom is -0.480 e. The molecule has 3 nitrogen and oxygen atoms in total. The zero-order chi connectivity index (χ0) is 8.48. The molecular weight excluding hydrogens is 142 g/mol. The van der Waals surface area contributed by atoms with Crippen LogP contribution in [-0.4, -0.2) is 35.1 Å². The van der Waals surface area contributed by atoms with Gasteiger partial charge in [-0.3, -0.25) is 9.69 Å². The number of carboxylic acid groups (broad SMARTS) is 1. The smallest absolute Gasteiger partial charge is 0.323 e. The molecule has 11 heavy (non-hydrogen) atoms. The van der Waals surface area contributed by atoms with Crippen LogP contribution in [0.1, 0.15) is 26.2 Å². The molecule has 1 aliphatic heterocycles. The van der Waals surface area contributed by atoms with Crippen LogP contribution in [0.2, 0.25) is 0 Å². The largest absolute Gasteiger partial charge is 0.480 e. The van der Waals surface area contributed by atoms with E-state index in [4.69, 9.17) is 5.11 Å². The van der Waals surface area contributed by atoms with Gasteiger partial charge in [0.25, 0.3) is 0 Å². The first-order valence-electron chi connectivity index (χ1n) is 4.02. The molecule has 0 amide bonds. The van der Waals surface area contributed by atoms with Crippen LogP contribution in [0.3, 0.4) is 0 Å². The number of aliphatic carboxylic acids is 1. The molecule has 1 heterocycles. The maximum atomic E-state index is 10.8. The summed E-state index contributed by atoms with van der Waals surface area (Å²) in [5.41, 5.74) is -0.613. The van der Waals surface area contributed by atoms with Crippen LogP contribution in [0.4, 0.5) is 0 Å². The van der Waals surface area contributed by atoms with Crippen molar-refractivity contribution in [1.29, 1.82) is 0 Å². The summed E-state index contributed by atoms with van der Waals surface area (Å²) in [6, 6.07) is 0. The van der Waals surface area contributed by atoms with Crippen molar-refractivity contribution in [3.63, 3.8) is 0 Å². The summed E-state index contributed by atoms with van der Waals surface area (Å²) in [5.74, 6) is -0.695. The molecule has 3 heteroatoms. The van der Waals surface area contributed by atoms with E-state index in [1.54, 1.807) is 6.92 Å². The van der Waals surface area contributed by atoms with Gasteiger partial charge in [0.05, 0.1) is 0 Å². The standard InChI is InChI=1S/C8H15NO2/c1-8(7(10)11)5-3-4-6-9(8)2/h3-6H2,1-2H3,(H,10,11)/t8-/m0/s1. The Bertz CT molecular complexity index is 169. The van der Waals surface area contributed by atoms with Gasteiger partial charge in [0, 0.05) is 0 Å². The average Bonchev–Trinajstić information content (AvgIpc) is 1.95. The summed E-state index contributed by atoms with van der Waals surface area (Å²) in [4.78, 5) is 12.8. The number of carbonyl (C=O) groups is 1. The highest BCUT2D eigenvalue weighted by Gasteiger charge is 2.38. The molecule has 1 atom stereocenters. The first kappa shape index (κ1) is 8.53. The summed E-state index contributed by atoms with van der Waals surface area (Å²) in [6.07, 6.45) is 2.94. The van der Waals surface area contributed by atoms with E-state index in [9.17, 15) is 4.79 Å². The molecule has 0 saturated carbocycles. The molecule has 0 radical (unpaired) electrons. The molecule has 1 N–H and O–H groups in total. The van der Waals surface area contributed by atoms with Crippen LogP contribution in [0.5, 0.6) is 0 Å². The van der Waals surface area contributed by atoms with E-state index in [0.717, 1.165) is 25.8 Å². The Morgan fingerprint density at radius 1 is 1.55 bits per heavy atom. The SMILES string of the molecule is CN1CCCC[C@@]1(C)C(=O)O. The van der Waals surface area contributed by atoms with E-state index in [1.807, 2.05) is 11.9 Å². The first-order chi connectivity index (χ1) is 5.07. The summed E-state index contributed by atoms with van der Waals surface area (Å²) >= 11 is 0. The van der Waals surface area contributed by atoms with Crippen molar-refractivity contribution in [3.8, 4) is 0 Å². The Labute approximate surface area is 67.0 Å². The van der Waals surface area contributed by atoms with Crippen molar-refractivity contribution in [2.75, 3.05) is 13.6 Å². The van der Waals surface area contributed by atoms with Crippen molar-refractivity contribution in [1.82, 2.24) is 4.90 Å². The van der Waals surface area contributed by atoms with Crippen molar-refractivity contribution in [2.45, 2.75) is 31.7 Å². The lowest BCUT2D eigenvalue weighted by Crippen LogP contribution is -2.52. The highest BCUT2D eigenvalue weighted by Crippen LogP contribution is 2.26. The van der Waals surface area contributed by atoms with Crippen LogP contribution in [0.25, 0.3) is 0 Å². The lowest BCUT2D eigenvalue weighted by Gasteiger charge is -2.38. The Hall–Kier alpha value is -0.570. The number of hydrogen-bond donors (Lipinski definition) is 1. The number of piperidine rings is 1. The number of hydrogen-bond acceptors (Lipinski definition) is 2. The van der Waals surface area contributed by atoms with E-state index in [2.05, 4.69) is 0 Å². The molecule has 0 aromatic rings. The van der Waals surface area contributed by atoms with Gasteiger partial charge in [-0.05, 0) is 39.8 Å². The van der Waals surface area contributed by atoms with Gasteiger partial charge in [-0.15, -0.1) is 0 Å². The Morgan fingerprint density at radius 3 is 2.55 bits per heavy atom. The van der Waals surface area contributed by atoms with E-state index in [0.29, 0.717) is 0 Å². The van der Waals surface area contributed by atoms with Gasteiger partial charge < -0.3 is 5.11 Å². The fraction of sp³-hybridized carbons (Fsp3) is 0.875. The lowest BCUT2D eigenvalue weighted by molar-refractivity contribution is -0.151. The predicted molar refractivity (Wildman–Crippen MR) is 42.5 cm³/mol. The molecule has 0 spiro atoms. The highest BCUT2D eigenvalue weighted by molar-refractivity contribution is 5.78. The molecule has 1 saturated heterocycles. The van der Waals surface area contributed by atoms with Crippen LogP contribution in [0.15, 0.2) is 0 Å². The lowest BCUT2D eigenvalue weighted by atomic mass is 9.89. The third kappa shape index (κ3) is 1.38. The molecular formula is C8H15NO2. The summed E-state index contributed by atoms with van der Waals surface area (Å²) in [5, 5.41) is 8.93. The Morgan fingerprint density at radius 2 is 2.18 bits per heavy atom. The topological polar surface area (TPSA) is 40.5 Å². The molecule has 1 rings (SSSR count). The number of rotatable bonds is 1. The summed E-state index contributed by atoms with van der Waals surface area (Å²) < 4.78 is 0. The van der Waals surface area contributed by atoms with Gasteiger partial charge in [0.15, 0.2) is 0 Å². The predicted octanol–water partition coefficient (Wildman–Crippen LogP) is 0.945. The van der Waals surface area contributed by atoms with Crippen molar-refractivity contribution >= 4 is 5.97 Å². The quantitative estimate of drug-likeness (QED) is 0.616. The maximum Gasteiger partial charge on any atom is 0.323 e. The van der Waals surface area contributed by atoms with Crippen LogP contribution in [0, 0.1) is 0 Å². The zero-order valence-corrected chi connectivity index (χ0v) is 7.13. The first-order valence-corrected chi connectivity index (χ1v) is 4.02. The molecule has 0 unspecified atom stereocenters.